The molecule has 0 aromatic carbocycles. The van der Waals surface area contributed by atoms with Crippen molar-refractivity contribution in [3.05, 3.63) is 12.2 Å². The highest BCUT2D eigenvalue weighted by Crippen LogP contribution is 1.99. The third-order valence-corrected chi connectivity index (χ3v) is 0.951. The lowest BCUT2D eigenvalue weighted by atomic mass is 10.1. The number of allylic oxidation sites excluding steroid dienone is 2. The molecule has 0 atom stereocenters. The predicted molar refractivity (Wildman–Crippen MR) is 27.1 cm³/mol. The zero-order chi connectivity index (χ0) is 5.98. The summed E-state index contributed by atoms with van der Waals surface area (Å²) in [4.78, 5) is 20.7. The summed E-state index contributed by atoms with van der Waals surface area (Å²) in [5, 5.41) is 0. The molecule has 1 aliphatic rings. The Balaban J connectivity index is 2.68. The van der Waals surface area contributed by atoms with Gasteiger partial charge in [-0.25, -0.2) is 0 Å². The van der Waals surface area contributed by atoms with Crippen LogP contribution in [-0.2, 0) is 9.59 Å². The van der Waals surface area contributed by atoms with E-state index < -0.39 is 0 Å². The third-order valence-electron chi connectivity index (χ3n) is 0.951. The second-order valence-corrected chi connectivity index (χ2v) is 1.69. The van der Waals surface area contributed by atoms with Crippen molar-refractivity contribution in [1.29, 1.82) is 0 Å². The molecule has 0 aliphatic heterocycles. The molecular formula is C6H5O2. The van der Waals surface area contributed by atoms with Crippen molar-refractivity contribution in [1.82, 2.24) is 0 Å². The summed E-state index contributed by atoms with van der Waals surface area (Å²) < 4.78 is 0. The average molecular weight is 109 g/mol. The lowest BCUT2D eigenvalue weighted by Crippen LogP contribution is -2.08. The van der Waals surface area contributed by atoms with Crippen LogP contribution >= 0.6 is 0 Å². The van der Waals surface area contributed by atoms with Gasteiger partial charge >= 0.3 is 0 Å². The maximum absolute atomic E-state index is 10.4. The number of hydrogen-bond acceptors (Lipinski definition) is 2. The first-order chi connectivity index (χ1) is 3.79. The second kappa shape index (κ2) is 1.90. The highest BCUT2D eigenvalue weighted by molar-refractivity contribution is 6.05. The summed E-state index contributed by atoms with van der Waals surface area (Å²) in [6.45, 7) is 0. The van der Waals surface area contributed by atoms with Gasteiger partial charge in [-0.15, -0.1) is 0 Å². The summed E-state index contributed by atoms with van der Waals surface area (Å²) in [7, 11) is 0. The molecule has 1 radical (unpaired) electrons. The quantitative estimate of drug-likeness (QED) is 0.418. The van der Waals surface area contributed by atoms with Gasteiger partial charge in [0.25, 0.3) is 0 Å². The van der Waals surface area contributed by atoms with Gasteiger partial charge in [0.1, 0.15) is 5.78 Å². The fourth-order valence-corrected chi connectivity index (χ4v) is 0.581. The van der Waals surface area contributed by atoms with Crippen molar-refractivity contribution in [3.8, 4) is 0 Å². The molecule has 8 heavy (non-hydrogen) atoms. The van der Waals surface area contributed by atoms with Crippen LogP contribution in [0.25, 0.3) is 0 Å². The first-order valence-corrected chi connectivity index (χ1v) is 2.42. The van der Waals surface area contributed by atoms with Gasteiger partial charge in [0.05, 0.1) is 6.42 Å². The van der Waals surface area contributed by atoms with E-state index >= 15 is 0 Å². The number of hydrogen-bond donors (Lipinski definition) is 0. The molecule has 0 heterocycles. The van der Waals surface area contributed by atoms with Crippen LogP contribution in [0.5, 0.6) is 0 Å². The molecule has 0 N–H and O–H groups in total. The Bertz CT molecular complexity index is 156. The van der Waals surface area contributed by atoms with E-state index in [1.807, 2.05) is 0 Å². The van der Waals surface area contributed by atoms with E-state index in [9.17, 15) is 9.59 Å². The molecule has 41 valence electrons. The van der Waals surface area contributed by atoms with E-state index in [4.69, 9.17) is 0 Å². The Labute approximate surface area is 47.2 Å². The molecule has 0 unspecified atom stereocenters. The van der Waals surface area contributed by atoms with Crippen molar-refractivity contribution >= 4 is 11.6 Å². The van der Waals surface area contributed by atoms with E-state index in [1.165, 1.54) is 6.08 Å². The van der Waals surface area contributed by atoms with Crippen LogP contribution in [0, 0.1) is 6.08 Å². The zero-order valence-corrected chi connectivity index (χ0v) is 4.31. The normalized spacial score (nSPS) is 19.5. The summed E-state index contributed by atoms with van der Waals surface area (Å²) in [5.41, 5.74) is 0. The van der Waals surface area contributed by atoms with Gasteiger partial charge in [0.2, 0.25) is 0 Å². The van der Waals surface area contributed by atoms with E-state index in [1.54, 1.807) is 0 Å². The van der Waals surface area contributed by atoms with Crippen LogP contribution in [0.15, 0.2) is 6.08 Å². The number of carbonyl (C=O) groups excluding carboxylic acids is 2. The number of rotatable bonds is 0. The van der Waals surface area contributed by atoms with Crippen LogP contribution in [-0.4, -0.2) is 11.6 Å². The highest BCUT2D eigenvalue weighted by Gasteiger charge is 2.09. The molecule has 2 heteroatoms. The van der Waals surface area contributed by atoms with Gasteiger partial charge in [-0.3, -0.25) is 9.59 Å². The molecule has 1 rings (SSSR count). The Kier molecular flexibility index (Phi) is 1.24. The molecule has 0 spiro atoms. The van der Waals surface area contributed by atoms with Crippen LogP contribution < -0.4 is 0 Å². The Morgan fingerprint density at radius 3 is 2.62 bits per heavy atom. The molecule has 0 bridgehead atoms. The molecule has 0 amide bonds. The molecule has 1 aliphatic carbocycles. The largest absolute Gasteiger partial charge is 0.299 e. The average Bonchev–Trinajstić information content (AvgIpc) is 1.64. The van der Waals surface area contributed by atoms with E-state index in [2.05, 4.69) is 6.08 Å². The van der Waals surface area contributed by atoms with Crippen LogP contribution in [0.4, 0.5) is 0 Å². The minimum Gasteiger partial charge on any atom is -0.299 e. The van der Waals surface area contributed by atoms with Crippen molar-refractivity contribution in [2.24, 2.45) is 0 Å². The maximum Gasteiger partial charge on any atom is 0.170 e. The molecule has 0 aromatic heterocycles. The summed E-state index contributed by atoms with van der Waals surface area (Å²) >= 11 is 0. The Morgan fingerprint density at radius 2 is 2.25 bits per heavy atom. The standard InChI is InChI=1S/C6H5O2/c7-5-2-1-3-6(8)4-5/h1H,2,4H2. The Hall–Kier alpha value is -0.920. The first kappa shape index (κ1) is 5.22. The van der Waals surface area contributed by atoms with Gasteiger partial charge in [0, 0.05) is 12.5 Å². The fourth-order valence-electron chi connectivity index (χ4n) is 0.581. The minimum atomic E-state index is -0.193. The van der Waals surface area contributed by atoms with Gasteiger partial charge < -0.3 is 0 Å². The molecule has 0 saturated heterocycles. The fraction of sp³-hybridized carbons (Fsp3) is 0.333. The van der Waals surface area contributed by atoms with Crippen LogP contribution in [0.1, 0.15) is 12.8 Å². The molecule has 0 aromatic rings. The SMILES string of the molecule is O=C1[C]=CCC(=O)C1. The van der Waals surface area contributed by atoms with E-state index in [-0.39, 0.29) is 18.0 Å². The smallest absolute Gasteiger partial charge is 0.170 e. The number of Topliss-reactive ketones (excluding diaryl/α,β-unsaturated/α-hetero) is 2. The van der Waals surface area contributed by atoms with Crippen molar-refractivity contribution < 1.29 is 9.59 Å². The second-order valence-electron chi connectivity index (χ2n) is 1.69. The van der Waals surface area contributed by atoms with Gasteiger partial charge in [-0.05, 0) is 0 Å². The molecule has 0 saturated carbocycles. The molecule has 2 nitrogen and oxygen atoms in total. The van der Waals surface area contributed by atoms with Gasteiger partial charge in [-0.2, -0.15) is 0 Å². The van der Waals surface area contributed by atoms with Gasteiger partial charge in [0.15, 0.2) is 5.78 Å². The molecular weight excluding hydrogens is 104 g/mol. The minimum absolute atomic E-state index is 0.00579. The van der Waals surface area contributed by atoms with Crippen LogP contribution in [0.3, 0.4) is 0 Å². The summed E-state index contributed by atoms with van der Waals surface area (Å²) in [6, 6.07) is 0. The van der Waals surface area contributed by atoms with Crippen molar-refractivity contribution in [2.75, 3.05) is 0 Å². The van der Waals surface area contributed by atoms with Crippen molar-refractivity contribution in [3.63, 3.8) is 0 Å². The lowest BCUT2D eigenvalue weighted by Gasteiger charge is -1.96. The predicted octanol–water partition coefficient (Wildman–Crippen LogP) is 0.278. The van der Waals surface area contributed by atoms with Crippen molar-refractivity contribution in [2.45, 2.75) is 12.8 Å². The van der Waals surface area contributed by atoms with Gasteiger partial charge in [-0.1, -0.05) is 6.08 Å². The zero-order valence-electron chi connectivity index (χ0n) is 4.31. The number of carbonyl (C=O) groups is 2. The maximum atomic E-state index is 10.4. The summed E-state index contributed by atoms with van der Waals surface area (Å²) in [6.07, 6.45) is 4.34. The number of ketones is 2. The topological polar surface area (TPSA) is 34.1 Å². The monoisotopic (exact) mass is 109 g/mol. The Morgan fingerprint density at radius 1 is 1.50 bits per heavy atom. The van der Waals surface area contributed by atoms with Crippen LogP contribution in [0.2, 0.25) is 0 Å². The first-order valence-electron chi connectivity index (χ1n) is 2.42. The molecule has 0 fully saturated rings. The third kappa shape index (κ3) is 1.03. The highest BCUT2D eigenvalue weighted by atomic mass is 16.1. The lowest BCUT2D eigenvalue weighted by molar-refractivity contribution is -0.125. The van der Waals surface area contributed by atoms with E-state index in [0.717, 1.165) is 0 Å². The van der Waals surface area contributed by atoms with E-state index in [0.29, 0.717) is 6.42 Å². The summed E-state index contributed by atoms with van der Waals surface area (Å²) in [5.74, 6) is -0.199.